The summed E-state index contributed by atoms with van der Waals surface area (Å²) >= 11 is 0. The Morgan fingerprint density at radius 1 is 0.762 bits per heavy atom. The van der Waals surface area contributed by atoms with E-state index in [1.165, 1.54) is 16.7 Å². The molecule has 0 heterocycles. The third-order valence-corrected chi connectivity index (χ3v) is 3.94. The van der Waals surface area contributed by atoms with Crippen LogP contribution in [-0.4, -0.2) is 10.2 Å². The maximum atomic E-state index is 9.32. The molecule has 112 valence electrons. The maximum absolute atomic E-state index is 9.32. The minimum atomic E-state index is -0.0139. The van der Waals surface area contributed by atoms with Gasteiger partial charge in [-0.3, -0.25) is 0 Å². The molecule has 0 saturated heterocycles. The first-order chi connectivity index (χ1) is 10.3. The summed E-state index contributed by atoms with van der Waals surface area (Å²) in [6, 6.07) is 14.7. The van der Waals surface area contributed by atoms with Crippen molar-refractivity contribution < 1.29 is 10.2 Å². The lowest BCUT2D eigenvalue weighted by atomic mass is 9.99. The number of aliphatic hydroxyl groups excluding tert-OH is 2. The molecule has 2 heteroatoms. The van der Waals surface area contributed by atoms with Crippen LogP contribution in [0.2, 0.25) is 0 Å². The lowest BCUT2D eigenvalue weighted by molar-refractivity contribution is 0.260. The third-order valence-electron chi connectivity index (χ3n) is 3.94. The Balaban J connectivity index is 1.93. The van der Waals surface area contributed by atoms with Gasteiger partial charge < -0.3 is 10.2 Å². The lowest BCUT2D eigenvalue weighted by Gasteiger charge is -2.08. The molecule has 0 bridgehead atoms. The van der Waals surface area contributed by atoms with Crippen molar-refractivity contribution in [2.24, 2.45) is 0 Å². The van der Waals surface area contributed by atoms with Crippen LogP contribution >= 0.6 is 0 Å². The lowest BCUT2D eigenvalue weighted by Crippen LogP contribution is -1.97. The highest BCUT2D eigenvalue weighted by atomic mass is 16.3. The Morgan fingerprint density at radius 2 is 1.43 bits per heavy atom. The standard InChI is InChI=1S/C19H24O2/c1-2-15-5-3-6-16(11-15)7-4-8-17-9-10-18(13-20)19(12-17)14-21/h3,5-6,9-12,20-21H,2,4,7-8,13-14H2,1H3. The van der Waals surface area contributed by atoms with Gasteiger partial charge in [-0.25, -0.2) is 0 Å². The van der Waals surface area contributed by atoms with Crippen molar-refractivity contribution >= 4 is 0 Å². The Morgan fingerprint density at radius 3 is 2.10 bits per heavy atom. The molecule has 0 saturated carbocycles. The number of benzene rings is 2. The molecule has 0 fully saturated rings. The second-order valence-corrected chi connectivity index (χ2v) is 5.45. The molecule has 21 heavy (non-hydrogen) atoms. The van der Waals surface area contributed by atoms with Gasteiger partial charge in [0.2, 0.25) is 0 Å². The Labute approximate surface area is 127 Å². The maximum Gasteiger partial charge on any atom is 0.0685 e. The minimum Gasteiger partial charge on any atom is -0.392 e. The number of aryl methyl sites for hydroxylation is 3. The van der Waals surface area contributed by atoms with Crippen LogP contribution in [0.5, 0.6) is 0 Å². The van der Waals surface area contributed by atoms with Gasteiger partial charge in [-0.1, -0.05) is 49.4 Å². The fraction of sp³-hybridized carbons (Fsp3) is 0.368. The second-order valence-electron chi connectivity index (χ2n) is 5.45. The molecule has 0 aliphatic heterocycles. The van der Waals surface area contributed by atoms with Gasteiger partial charge >= 0.3 is 0 Å². The molecule has 2 aromatic carbocycles. The van der Waals surface area contributed by atoms with Crippen molar-refractivity contribution in [3.05, 3.63) is 70.3 Å². The van der Waals surface area contributed by atoms with E-state index in [9.17, 15) is 10.2 Å². The first-order valence-electron chi connectivity index (χ1n) is 7.67. The summed E-state index contributed by atoms with van der Waals surface area (Å²) in [6.45, 7) is 2.15. The van der Waals surface area contributed by atoms with E-state index in [-0.39, 0.29) is 13.2 Å². The van der Waals surface area contributed by atoms with Gasteiger partial charge in [0.25, 0.3) is 0 Å². The SMILES string of the molecule is CCc1cccc(CCCc2ccc(CO)c(CO)c2)c1. The van der Waals surface area contributed by atoms with Crippen LogP contribution in [0.25, 0.3) is 0 Å². The molecular formula is C19H24O2. The summed E-state index contributed by atoms with van der Waals surface area (Å²) in [5, 5.41) is 18.5. The van der Waals surface area contributed by atoms with Gasteiger partial charge in [0.1, 0.15) is 0 Å². The van der Waals surface area contributed by atoms with Gasteiger partial charge in [0, 0.05) is 0 Å². The van der Waals surface area contributed by atoms with Crippen molar-refractivity contribution in [1.82, 2.24) is 0 Å². The monoisotopic (exact) mass is 284 g/mol. The van der Waals surface area contributed by atoms with E-state index in [1.54, 1.807) is 0 Å². The van der Waals surface area contributed by atoms with Crippen molar-refractivity contribution in [2.45, 2.75) is 45.8 Å². The summed E-state index contributed by atoms with van der Waals surface area (Å²) in [4.78, 5) is 0. The molecule has 0 aliphatic carbocycles. The van der Waals surface area contributed by atoms with E-state index >= 15 is 0 Å². The molecule has 0 amide bonds. The van der Waals surface area contributed by atoms with Gasteiger partial charge in [0.05, 0.1) is 13.2 Å². The molecule has 2 nitrogen and oxygen atoms in total. The normalized spacial score (nSPS) is 10.8. The molecule has 2 aromatic rings. The molecule has 2 N–H and O–H groups in total. The van der Waals surface area contributed by atoms with Gasteiger partial charge in [-0.2, -0.15) is 0 Å². The molecule has 0 aromatic heterocycles. The summed E-state index contributed by atoms with van der Waals surface area (Å²) in [6.07, 6.45) is 4.24. The van der Waals surface area contributed by atoms with E-state index in [4.69, 9.17) is 0 Å². The zero-order valence-corrected chi connectivity index (χ0v) is 12.7. The zero-order valence-electron chi connectivity index (χ0n) is 12.7. The quantitative estimate of drug-likeness (QED) is 0.818. The van der Waals surface area contributed by atoms with Crippen molar-refractivity contribution in [3.63, 3.8) is 0 Å². The van der Waals surface area contributed by atoms with E-state index < -0.39 is 0 Å². The minimum absolute atomic E-state index is 0.0116. The average Bonchev–Trinajstić information content (AvgIpc) is 2.55. The summed E-state index contributed by atoms with van der Waals surface area (Å²) in [5.41, 5.74) is 5.66. The van der Waals surface area contributed by atoms with Crippen LogP contribution in [0, 0.1) is 0 Å². The predicted octanol–water partition coefficient (Wildman–Crippen LogP) is 3.41. The third kappa shape index (κ3) is 4.42. The first kappa shape index (κ1) is 15.7. The largest absolute Gasteiger partial charge is 0.392 e. The first-order valence-corrected chi connectivity index (χ1v) is 7.67. The van der Waals surface area contributed by atoms with Crippen LogP contribution in [0.1, 0.15) is 41.2 Å². The number of aliphatic hydroxyl groups is 2. The number of rotatable bonds is 7. The summed E-state index contributed by atoms with van der Waals surface area (Å²) in [5.74, 6) is 0. The smallest absolute Gasteiger partial charge is 0.0685 e. The van der Waals surface area contributed by atoms with E-state index in [0.29, 0.717) is 0 Å². The molecule has 0 aliphatic rings. The van der Waals surface area contributed by atoms with Gasteiger partial charge in [-0.15, -0.1) is 0 Å². The molecule has 0 unspecified atom stereocenters. The van der Waals surface area contributed by atoms with Crippen molar-refractivity contribution in [1.29, 1.82) is 0 Å². The van der Waals surface area contributed by atoms with Gasteiger partial charge in [-0.05, 0) is 53.5 Å². The molecule has 0 radical (unpaired) electrons. The van der Waals surface area contributed by atoms with Crippen LogP contribution in [0.15, 0.2) is 42.5 Å². The van der Waals surface area contributed by atoms with Crippen LogP contribution < -0.4 is 0 Å². The summed E-state index contributed by atoms with van der Waals surface area (Å²) < 4.78 is 0. The van der Waals surface area contributed by atoms with E-state index in [1.807, 2.05) is 18.2 Å². The van der Waals surface area contributed by atoms with E-state index in [0.717, 1.165) is 36.8 Å². The Bertz CT molecular complexity index is 576. The zero-order chi connectivity index (χ0) is 15.1. The molecular weight excluding hydrogens is 260 g/mol. The van der Waals surface area contributed by atoms with Crippen LogP contribution in [0.4, 0.5) is 0 Å². The molecule has 2 rings (SSSR count). The fourth-order valence-electron chi connectivity index (χ4n) is 2.64. The average molecular weight is 284 g/mol. The Hall–Kier alpha value is -1.64. The van der Waals surface area contributed by atoms with Crippen LogP contribution in [-0.2, 0) is 32.5 Å². The molecule has 0 atom stereocenters. The molecule has 0 spiro atoms. The number of hydrogen-bond acceptors (Lipinski definition) is 2. The Kier molecular flexibility index (Phi) is 5.97. The van der Waals surface area contributed by atoms with Crippen LogP contribution in [0.3, 0.4) is 0 Å². The fourth-order valence-corrected chi connectivity index (χ4v) is 2.64. The van der Waals surface area contributed by atoms with Crippen molar-refractivity contribution in [2.75, 3.05) is 0 Å². The van der Waals surface area contributed by atoms with Gasteiger partial charge in [0.15, 0.2) is 0 Å². The van der Waals surface area contributed by atoms with Crippen molar-refractivity contribution in [3.8, 4) is 0 Å². The topological polar surface area (TPSA) is 40.5 Å². The summed E-state index contributed by atoms with van der Waals surface area (Å²) in [7, 11) is 0. The highest BCUT2D eigenvalue weighted by Crippen LogP contribution is 2.15. The second kappa shape index (κ2) is 7.96. The van der Waals surface area contributed by atoms with E-state index in [2.05, 4.69) is 31.2 Å². The highest BCUT2D eigenvalue weighted by Gasteiger charge is 2.03. The predicted molar refractivity (Wildman–Crippen MR) is 86.1 cm³/mol. The highest BCUT2D eigenvalue weighted by molar-refractivity contribution is 5.31. The number of hydrogen-bond donors (Lipinski definition) is 2.